The van der Waals surface area contributed by atoms with E-state index in [0.717, 1.165) is 30.7 Å². The highest BCUT2D eigenvalue weighted by Gasteiger charge is 2.06. The van der Waals surface area contributed by atoms with Crippen LogP contribution in [0.25, 0.3) is 10.9 Å². The van der Waals surface area contributed by atoms with Crippen LogP contribution in [0.5, 0.6) is 0 Å². The zero-order valence-electron chi connectivity index (χ0n) is 11.7. The van der Waals surface area contributed by atoms with Gasteiger partial charge >= 0.3 is 5.97 Å². The number of hydrogen-bond donors (Lipinski definition) is 1. The number of nitrogens with zero attached hydrogens (tertiary/aromatic N) is 1. The first kappa shape index (κ1) is 14.2. The number of rotatable bonds is 5. The number of nitrogens with one attached hydrogen (secondary N) is 1. The highest BCUT2D eigenvalue weighted by molar-refractivity contribution is 5.78. The predicted molar refractivity (Wildman–Crippen MR) is 76.4 cm³/mol. The smallest absolute Gasteiger partial charge is 0.302 e. The number of H-pyrrole nitrogens is 1. The Labute approximate surface area is 117 Å². The second-order valence-electron chi connectivity index (χ2n) is 4.75. The van der Waals surface area contributed by atoms with Crippen molar-refractivity contribution in [2.24, 2.45) is 0 Å². The summed E-state index contributed by atoms with van der Waals surface area (Å²) in [6.07, 6.45) is 2.83. The molecule has 1 heterocycles. The van der Waals surface area contributed by atoms with Gasteiger partial charge in [0.15, 0.2) is 0 Å². The predicted octanol–water partition coefficient (Wildman–Crippen LogP) is 2.33. The molecule has 5 nitrogen and oxygen atoms in total. The molecule has 106 valence electrons. The minimum Gasteiger partial charge on any atom is -0.461 e. The summed E-state index contributed by atoms with van der Waals surface area (Å²) in [4.78, 5) is 30.1. The van der Waals surface area contributed by atoms with Crippen LogP contribution in [0.2, 0.25) is 0 Å². The van der Waals surface area contributed by atoms with Gasteiger partial charge < -0.3 is 9.72 Å². The minimum absolute atomic E-state index is 0.147. The van der Waals surface area contributed by atoms with Crippen molar-refractivity contribution >= 4 is 16.9 Å². The number of aromatic amines is 1. The molecule has 0 bridgehead atoms. The van der Waals surface area contributed by atoms with Gasteiger partial charge in [0.05, 0.1) is 10.9 Å². The number of aromatic nitrogens is 2. The maximum Gasteiger partial charge on any atom is 0.302 e. The first-order chi connectivity index (χ1) is 9.60. The van der Waals surface area contributed by atoms with E-state index in [4.69, 9.17) is 4.74 Å². The van der Waals surface area contributed by atoms with Crippen LogP contribution in [-0.2, 0) is 22.6 Å². The summed E-state index contributed by atoms with van der Waals surface area (Å²) >= 11 is 0. The van der Waals surface area contributed by atoms with E-state index in [1.807, 2.05) is 6.07 Å². The van der Waals surface area contributed by atoms with Crippen LogP contribution < -0.4 is 5.56 Å². The van der Waals surface area contributed by atoms with Gasteiger partial charge in [-0.05, 0) is 24.1 Å². The first-order valence-corrected chi connectivity index (χ1v) is 6.75. The van der Waals surface area contributed by atoms with E-state index in [9.17, 15) is 9.59 Å². The van der Waals surface area contributed by atoms with Crippen molar-refractivity contribution in [1.82, 2.24) is 9.97 Å². The minimum atomic E-state index is -0.341. The average molecular weight is 274 g/mol. The Morgan fingerprint density at radius 1 is 1.40 bits per heavy atom. The molecule has 2 aromatic rings. The van der Waals surface area contributed by atoms with Gasteiger partial charge in [0.2, 0.25) is 0 Å². The fraction of sp³-hybridized carbons (Fsp3) is 0.400. The molecule has 0 aliphatic carbocycles. The monoisotopic (exact) mass is 274 g/mol. The van der Waals surface area contributed by atoms with Crippen molar-refractivity contribution in [3.63, 3.8) is 0 Å². The molecule has 0 spiro atoms. The van der Waals surface area contributed by atoms with Crippen molar-refractivity contribution in [2.75, 3.05) is 0 Å². The number of esters is 1. The zero-order valence-corrected chi connectivity index (χ0v) is 11.7. The SMILES string of the molecule is CCCCc1nc2ccc(COC(C)=O)cc2c(=O)[nH]1. The highest BCUT2D eigenvalue weighted by Crippen LogP contribution is 2.12. The lowest BCUT2D eigenvalue weighted by Crippen LogP contribution is -2.12. The van der Waals surface area contributed by atoms with Gasteiger partial charge in [-0.2, -0.15) is 0 Å². The molecule has 1 N–H and O–H groups in total. The van der Waals surface area contributed by atoms with Gasteiger partial charge in [-0.25, -0.2) is 4.98 Å². The largest absolute Gasteiger partial charge is 0.461 e. The van der Waals surface area contributed by atoms with Crippen LogP contribution in [0.15, 0.2) is 23.0 Å². The number of ether oxygens (including phenoxy) is 1. The van der Waals surface area contributed by atoms with Crippen molar-refractivity contribution < 1.29 is 9.53 Å². The van der Waals surface area contributed by atoms with Gasteiger partial charge in [-0.1, -0.05) is 19.4 Å². The van der Waals surface area contributed by atoms with Crippen molar-refractivity contribution in [2.45, 2.75) is 39.7 Å². The molecule has 0 aliphatic heterocycles. The van der Waals surface area contributed by atoms with Crippen LogP contribution in [0.3, 0.4) is 0 Å². The molecule has 0 saturated carbocycles. The Hall–Kier alpha value is -2.17. The number of aryl methyl sites for hydroxylation is 1. The van der Waals surface area contributed by atoms with Crippen molar-refractivity contribution in [3.8, 4) is 0 Å². The third kappa shape index (κ3) is 3.44. The van der Waals surface area contributed by atoms with Gasteiger partial charge in [0, 0.05) is 13.3 Å². The number of benzene rings is 1. The molecule has 1 aromatic heterocycles. The quantitative estimate of drug-likeness (QED) is 0.849. The Kier molecular flexibility index (Phi) is 4.50. The van der Waals surface area contributed by atoms with E-state index < -0.39 is 0 Å². The molecular weight excluding hydrogens is 256 g/mol. The maximum absolute atomic E-state index is 12.0. The van der Waals surface area contributed by atoms with Crippen LogP contribution in [0, 0.1) is 0 Å². The molecule has 0 atom stereocenters. The fourth-order valence-corrected chi connectivity index (χ4v) is 1.97. The summed E-state index contributed by atoms with van der Waals surface area (Å²) in [6, 6.07) is 5.33. The topological polar surface area (TPSA) is 72.0 Å². The van der Waals surface area contributed by atoms with Gasteiger partial charge in [0.1, 0.15) is 12.4 Å². The summed E-state index contributed by atoms with van der Waals surface area (Å²) in [7, 11) is 0. The number of fused-ring (bicyclic) bond motifs is 1. The third-order valence-corrected chi connectivity index (χ3v) is 3.03. The molecule has 1 aromatic carbocycles. The molecule has 0 radical (unpaired) electrons. The lowest BCUT2D eigenvalue weighted by Gasteiger charge is -2.05. The number of carbonyl (C=O) groups excluding carboxylic acids is 1. The van der Waals surface area contributed by atoms with E-state index >= 15 is 0 Å². The van der Waals surface area contributed by atoms with Gasteiger partial charge in [0.25, 0.3) is 5.56 Å². The lowest BCUT2D eigenvalue weighted by molar-refractivity contribution is -0.142. The first-order valence-electron chi connectivity index (χ1n) is 6.75. The van der Waals surface area contributed by atoms with E-state index in [0.29, 0.717) is 10.9 Å². The van der Waals surface area contributed by atoms with Crippen molar-refractivity contribution in [1.29, 1.82) is 0 Å². The Balaban J connectivity index is 2.31. The van der Waals surface area contributed by atoms with Crippen LogP contribution >= 0.6 is 0 Å². The maximum atomic E-state index is 12.0. The highest BCUT2D eigenvalue weighted by atomic mass is 16.5. The third-order valence-electron chi connectivity index (χ3n) is 3.03. The van der Waals surface area contributed by atoms with Crippen LogP contribution in [0.1, 0.15) is 38.1 Å². The molecule has 0 fully saturated rings. The Morgan fingerprint density at radius 2 is 2.20 bits per heavy atom. The standard InChI is InChI=1S/C15H18N2O3/c1-3-4-5-14-16-13-7-6-11(9-20-10(2)18)8-12(13)15(19)17-14/h6-8H,3-5,9H2,1-2H3,(H,16,17,19). The van der Waals surface area contributed by atoms with Crippen molar-refractivity contribution in [3.05, 3.63) is 39.9 Å². The summed E-state index contributed by atoms with van der Waals surface area (Å²) < 4.78 is 4.92. The van der Waals surface area contributed by atoms with Gasteiger partial charge in [-0.15, -0.1) is 0 Å². The van der Waals surface area contributed by atoms with Gasteiger partial charge in [-0.3, -0.25) is 9.59 Å². The molecule has 0 amide bonds. The Bertz CT molecular complexity index is 676. The van der Waals surface area contributed by atoms with E-state index in [2.05, 4.69) is 16.9 Å². The summed E-state index contributed by atoms with van der Waals surface area (Å²) in [5.41, 5.74) is 1.30. The van der Waals surface area contributed by atoms with E-state index in [-0.39, 0.29) is 18.1 Å². The molecule has 5 heteroatoms. The normalized spacial score (nSPS) is 10.7. The molecule has 0 aliphatic rings. The van der Waals surface area contributed by atoms with Crippen LogP contribution in [-0.4, -0.2) is 15.9 Å². The number of hydrogen-bond acceptors (Lipinski definition) is 4. The van der Waals surface area contributed by atoms with Crippen LogP contribution in [0.4, 0.5) is 0 Å². The molecule has 20 heavy (non-hydrogen) atoms. The summed E-state index contributed by atoms with van der Waals surface area (Å²) in [6.45, 7) is 3.62. The van der Waals surface area contributed by atoms with E-state index in [1.54, 1.807) is 12.1 Å². The molecule has 0 unspecified atom stereocenters. The summed E-state index contributed by atoms with van der Waals surface area (Å²) in [5.74, 6) is 0.379. The zero-order chi connectivity index (χ0) is 14.5. The molecule has 2 rings (SSSR count). The van der Waals surface area contributed by atoms with E-state index in [1.165, 1.54) is 6.92 Å². The number of unbranched alkanes of at least 4 members (excludes halogenated alkanes) is 1. The Morgan fingerprint density at radius 3 is 2.90 bits per heavy atom. The summed E-state index contributed by atoms with van der Waals surface area (Å²) in [5, 5.41) is 0.523. The fourth-order valence-electron chi connectivity index (χ4n) is 1.97. The average Bonchev–Trinajstić information content (AvgIpc) is 2.43. The molecular formula is C15H18N2O3. The second kappa shape index (κ2) is 6.32. The molecule has 0 saturated heterocycles. The lowest BCUT2D eigenvalue weighted by atomic mass is 10.1. The second-order valence-corrected chi connectivity index (χ2v) is 4.75. The number of carbonyl (C=O) groups is 1.